The fraction of sp³-hybridized carbons (Fsp3) is 0.917. The van der Waals surface area contributed by atoms with Gasteiger partial charge in [-0.15, -0.1) is 0 Å². The van der Waals surface area contributed by atoms with Gasteiger partial charge < -0.3 is 5.32 Å². The summed E-state index contributed by atoms with van der Waals surface area (Å²) in [6, 6.07) is -0.305. The van der Waals surface area contributed by atoms with E-state index in [1.165, 1.54) is 18.4 Å². The van der Waals surface area contributed by atoms with Gasteiger partial charge >= 0.3 is 0 Å². The van der Waals surface area contributed by atoms with Gasteiger partial charge in [0.15, 0.2) is 9.84 Å². The summed E-state index contributed by atoms with van der Waals surface area (Å²) in [6.07, 6.45) is 1.37. The standard InChI is InChI=1S/C12H23N3O5S2/c1-14(2)22(19,20)15-6-3-10(4-7-15)12(16)13-11-5-8-21(17,18)9-11/h10-11H,3-9H2,1-2H3,(H,13,16). The van der Waals surface area contributed by atoms with Crippen LogP contribution in [0.2, 0.25) is 0 Å². The molecule has 0 aromatic rings. The minimum atomic E-state index is -3.43. The Morgan fingerprint density at radius 1 is 1.18 bits per heavy atom. The van der Waals surface area contributed by atoms with Gasteiger partial charge in [0.25, 0.3) is 10.2 Å². The number of hydrogen-bond acceptors (Lipinski definition) is 5. The Balaban J connectivity index is 1.86. The maximum Gasteiger partial charge on any atom is 0.281 e. The minimum absolute atomic E-state index is 0.00654. The highest BCUT2D eigenvalue weighted by molar-refractivity contribution is 7.91. The molecule has 2 saturated heterocycles. The average Bonchev–Trinajstić information content (AvgIpc) is 2.77. The van der Waals surface area contributed by atoms with E-state index in [0.717, 1.165) is 4.31 Å². The lowest BCUT2D eigenvalue weighted by atomic mass is 9.97. The molecule has 2 aliphatic heterocycles. The first-order valence-electron chi connectivity index (χ1n) is 7.30. The molecule has 0 bridgehead atoms. The zero-order valence-electron chi connectivity index (χ0n) is 12.9. The molecular formula is C12H23N3O5S2. The Labute approximate surface area is 131 Å². The SMILES string of the molecule is CN(C)S(=O)(=O)N1CCC(C(=O)NC2CCS(=O)(=O)C2)CC1. The van der Waals surface area contributed by atoms with Crippen LogP contribution in [-0.2, 0) is 24.8 Å². The highest BCUT2D eigenvalue weighted by Gasteiger charge is 2.34. The molecular weight excluding hydrogens is 330 g/mol. The van der Waals surface area contributed by atoms with E-state index in [0.29, 0.717) is 32.4 Å². The molecule has 0 aliphatic carbocycles. The molecule has 2 heterocycles. The van der Waals surface area contributed by atoms with Gasteiger partial charge in [-0.3, -0.25) is 4.79 Å². The van der Waals surface area contributed by atoms with Crippen LogP contribution in [0.25, 0.3) is 0 Å². The Morgan fingerprint density at radius 3 is 2.23 bits per heavy atom. The van der Waals surface area contributed by atoms with E-state index in [4.69, 9.17) is 0 Å². The number of carbonyl (C=O) groups is 1. The molecule has 8 nitrogen and oxygen atoms in total. The molecule has 2 rings (SSSR count). The highest BCUT2D eigenvalue weighted by Crippen LogP contribution is 2.21. The van der Waals surface area contributed by atoms with E-state index in [2.05, 4.69) is 5.32 Å². The Morgan fingerprint density at radius 2 is 1.77 bits per heavy atom. The lowest BCUT2D eigenvalue weighted by Gasteiger charge is -2.32. The number of sulfone groups is 1. The minimum Gasteiger partial charge on any atom is -0.352 e. The monoisotopic (exact) mass is 353 g/mol. The summed E-state index contributed by atoms with van der Waals surface area (Å²) >= 11 is 0. The lowest BCUT2D eigenvalue weighted by molar-refractivity contribution is -0.126. The Kier molecular flexibility index (Phi) is 5.15. The summed E-state index contributed by atoms with van der Waals surface area (Å²) < 4.78 is 49.3. The lowest BCUT2D eigenvalue weighted by Crippen LogP contribution is -2.48. The van der Waals surface area contributed by atoms with Crippen LogP contribution in [0, 0.1) is 5.92 Å². The zero-order valence-corrected chi connectivity index (χ0v) is 14.5. The molecule has 2 aliphatic rings. The van der Waals surface area contributed by atoms with Gasteiger partial charge in [-0.2, -0.15) is 17.0 Å². The zero-order chi connectivity index (χ0) is 16.5. The number of hydrogen-bond donors (Lipinski definition) is 1. The van der Waals surface area contributed by atoms with E-state index in [1.54, 1.807) is 0 Å². The van der Waals surface area contributed by atoms with Crippen LogP contribution >= 0.6 is 0 Å². The number of carbonyl (C=O) groups excluding carboxylic acids is 1. The number of rotatable bonds is 4. The van der Waals surface area contributed by atoms with Crippen molar-refractivity contribution in [3.05, 3.63) is 0 Å². The van der Waals surface area contributed by atoms with Crippen molar-refractivity contribution in [2.75, 3.05) is 38.7 Å². The predicted octanol–water partition coefficient (Wildman–Crippen LogP) is -1.19. The Hall–Kier alpha value is -0.710. The number of amides is 1. The van der Waals surface area contributed by atoms with E-state index in [-0.39, 0.29) is 29.4 Å². The molecule has 0 aromatic heterocycles. The molecule has 0 saturated carbocycles. The molecule has 1 amide bonds. The van der Waals surface area contributed by atoms with Crippen molar-refractivity contribution in [2.24, 2.45) is 5.92 Å². The molecule has 22 heavy (non-hydrogen) atoms. The smallest absolute Gasteiger partial charge is 0.281 e. The molecule has 1 N–H and O–H groups in total. The van der Waals surface area contributed by atoms with Gasteiger partial charge in [-0.05, 0) is 19.3 Å². The van der Waals surface area contributed by atoms with Crippen LogP contribution in [0.4, 0.5) is 0 Å². The van der Waals surface area contributed by atoms with Crippen molar-refractivity contribution in [1.82, 2.24) is 13.9 Å². The topological polar surface area (TPSA) is 104 Å². The largest absolute Gasteiger partial charge is 0.352 e. The number of nitrogens with zero attached hydrogens (tertiary/aromatic N) is 2. The fourth-order valence-corrected chi connectivity index (χ4v) is 5.62. The van der Waals surface area contributed by atoms with Crippen LogP contribution in [0.5, 0.6) is 0 Å². The van der Waals surface area contributed by atoms with E-state index < -0.39 is 20.0 Å². The molecule has 1 atom stereocenters. The molecule has 1 unspecified atom stereocenters. The maximum absolute atomic E-state index is 12.2. The molecule has 0 spiro atoms. The van der Waals surface area contributed by atoms with Gasteiger partial charge in [-0.1, -0.05) is 0 Å². The van der Waals surface area contributed by atoms with Crippen molar-refractivity contribution < 1.29 is 21.6 Å². The first-order chi connectivity index (χ1) is 10.1. The first kappa shape index (κ1) is 17.6. The third-order valence-corrected chi connectivity index (χ3v) is 7.90. The van der Waals surface area contributed by atoms with Gasteiger partial charge in [-0.25, -0.2) is 8.42 Å². The summed E-state index contributed by atoms with van der Waals surface area (Å²) in [5.41, 5.74) is 0. The van der Waals surface area contributed by atoms with Crippen molar-refractivity contribution in [1.29, 1.82) is 0 Å². The van der Waals surface area contributed by atoms with Crippen LogP contribution in [0.15, 0.2) is 0 Å². The summed E-state index contributed by atoms with van der Waals surface area (Å²) in [5.74, 6) is -0.287. The summed E-state index contributed by atoms with van der Waals surface area (Å²) in [7, 11) is -3.49. The van der Waals surface area contributed by atoms with Crippen LogP contribution in [0.1, 0.15) is 19.3 Å². The second-order valence-electron chi connectivity index (χ2n) is 6.07. The second kappa shape index (κ2) is 6.42. The first-order valence-corrected chi connectivity index (χ1v) is 10.5. The van der Waals surface area contributed by atoms with Gasteiger partial charge in [0.1, 0.15) is 0 Å². The summed E-state index contributed by atoms with van der Waals surface area (Å²) in [4.78, 5) is 12.2. The quantitative estimate of drug-likeness (QED) is 0.684. The highest BCUT2D eigenvalue weighted by atomic mass is 32.2. The maximum atomic E-state index is 12.2. The third-order valence-electron chi connectivity index (χ3n) is 4.19. The summed E-state index contributed by atoms with van der Waals surface area (Å²) in [6.45, 7) is 0.614. The van der Waals surface area contributed by atoms with Crippen LogP contribution < -0.4 is 5.32 Å². The van der Waals surface area contributed by atoms with Crippen molar-refractivity contribution in [3.8, 4) is 0 Å². The van der Waals surface area contributed by atoms with Gasteiger partial charge in [0.2, 0.25) is 5.91 Å². The number of nitrogens with one attached hydrogen (secondary N) is 1. The molecule has 0 aromatic carbocycles. The van der Waals surface area contributed by atoms with Crippen LogP contribution in [-0.4, -0.2) is 76.1 Å². The predicted molar refractivity (Wildman–Crippen MR) is 82.1 cm³/mol. The number of piperidine rings is 1. The summed E-state index contributed by atoms with van der Waals surface area (Å²) in [5, 5.41) is 2.78. The molecule has 0 radical (unpaired) electrons. The van der Waals surface area contributed by atoms with E-state index in [1.807, 2.05) is 0 Å². The van der Waals surface area contributed by atoms with Gasteiger partial charge in [0, 0.05) is 39.1 Å². The molecule has 2 fully saturated rings. The van der Waals surface area contributed by atoms with Crippen molar-refractivity contribution in [3.63, 3.8) is 0 Å². The Bertz CT molecular complexity index is 621. The average molecular weight is 353 g/mol. The normalized spacial score (nSPS) is 27.1. The third kappa shape index (κ3) is 3.98. The van der Waals surface area contributed by atoms with Crippen LogP contribution in [0.3, 0.4) is 0 Å². The van der Waals surface area contributed by atoms with E-state index >= 15 is 0 Å². The molecule has 10 heteroatoms. The van der Waals surface area contributed by atoms with Crippen molar-refractivity contribution in [2.45, 2.75) is 25.3 Å². The van der Waals surface area contributed by atoms with Gasteiger partial charge in [0.05, 0.1) is 11.5 Å². The molecule has 128 valence electrons. The van der Waals surface area contributed by atoms with Crippen molar-refractivity contribution >= 4 is 26.0 Å². The van der Waals surface area contributed by atoms with E-state index in [9.17, 15) is 21.6 Å². The fourth-order valence-electron chi connectivity index (χ4n) is 2.81. The second-order valence-corrected chi connectivity index (χ2v) is 10.4.